The SMILES string of the molecule is Cc1nn(C)c2nc(-c3ccco3)cc(C(=O)Nc3cccc(C(N)=O)c3)c12. The predicted molar refractivity (Wildman–Crippen MR) is 104 cm³/mol. The summed E-state index contributed by atoms with van der Waals surface area (Å²) in [6, 6.07) is 11.7. The number of nitrogens with two attached hydrogens (primary N) is 1. The summed E-state index contributed by atoms with van der Waals surface area (Å²) in [7, 11) is 1.77. The number of carbonyl (C=O) groups excluding carboxylic acids is 2. The van der Waals surface area contributed by atoms with E-state index in [0.29, 0.717) is 45.0 Å². The van der Waals surface area contributed by atoms with Crippen molar-refractivity contribution in [1.29, 1.82) is 0 Å². The first-order valence-corrected chi connectivity index (χ1v) is 8.53. The first-order chi connectivity index (χ1) is 13.4. The van der Waals surface area contributed by atoms with E-state index in [1.54, 1.807) is 54.4 Å². The van der Waals surface area contributed by atoms with E-state index in [1.807, 2.05) is 6.92 Å². The summed E-state index contributed by atoms with van der Waals surface area (Å²) in [5.74, 6) is -0.367. The van der Waals surface area contributed by atoms with Crippen LogP contribution < -0.4 is 11.1 Å². The van der Waals surface area contributed by atoms with E-state index >= 15 is 0 Å². The summed E-state index contributed by atoms with van der Waals surface area (Å²) < 4.78 is 7.06. The molecule has 3 N–H and O–H groups in total. The Hall–Kier alpha value is -3.94. The normalized spacial score (nSPS) is 10.9. The number of furan rings is 1. The molecule has 0 aliphatic carbocycles. The number of primary amides is 1. The lowest BCUT2D eigenvalue weighted by molar-refractivity contribution is 0.0996. The second kappa shape index (κ2) is 6.66. The van der Waals surface area contributed by atoms with Crippen LogP contribution in [-0.4, -0.2) is 26.6 Å². The fraction of sp³-hybridized carbons (Fsp3) is 0.100. The maximum atomic E-state index is 13.1. The highest BCUT2D eigenvalue weighted by Gasteiger charge is 2.20. The molecule has 0 bridgehead atoms. The number of nitrogens with one attached hydrogen (secondary N) is 1. The number of benzene rings is 1. The molecule has 3 aromatic heterocycles. The minimum atomic E-state index is -0.564. The zero-order valence-electron chi connectivity index (χ0n) is 15.3. The standard InChI is InChI=1S/C20H17N5O3/c1-11-17-14(20(27)22-13-6-3-5-12(9-13)18(21)26)10-15(16-7-4-8-28-16)23-19(17)25(2)24-11/h3-10H,1-2H3,(H2,21,26)(H,22,27). The number of anilines is 1. The van der Waals surface area contributed by atoms with E-state index in [0.717, 1.165) is 0 Å². The summed E-state index contributed by atoms with van der Waals surface area (Å²) >= 11 is 0. The van der Waals surface area contributed by atoms with Crippen LogP contribution in [0.2, 0.25) is 0 Å². The van der Waals surface area contributed by atoms with Crippen LogP contribution in [-0.2, 0) is 7.05 Å². The molecule has 2 amide bonds. The van der Waals surface area contributed by atoms with Crippen LogP contribution in [0.4, 0.5) is 5.69 Å². The van der Waals surface area contributed by atoms with E-state index in [9.17, 15) is 9.59 Å². The van der Waals surface area contributed by atoms with Crippen molar-refractivity contribution < 1.29 is 14.0 Å². The number of carbonyl (C=O) groups is 2. The molecule has 140 valence electrons. The van der Waals surface area contributed by atoms with Gasteiger partial charge < -0.3 is 15.5 Å². The smallest absolute Gasteiger partial charge is 0.256 e. The van der Waals surface area contributed by atoms with Crippen molar-refractivity contribution in [3.63, 3.8) is 0 Å². The van der Waals surface area contributed by atoms with Gasteiger partial charge in [-0.1, -0.05) is 6.07 Å². The highest BCUT2D eigenvalue weighted by atomic mass is 16.3. The van der Waals surface area contributed by atoms with Crippen molar-refractivity contribution in [1.82, 2.24) is 14.8 Å². The molecule has 0 radical (unpaired) electrons. The summed E-state index contributed by atoms with van der Waals surface area (Å²) in [5.41, 5.74) is 8.28. The van der Waals surface area contributed by atoms with E-state index in [4.69, 9.17) is 10.2 Å². The Labute approximate surface area is 160 Å². The summed E-state index contributed by atoms with van der Waals surface area (Å²) in [6.07, 6.45) is 1.55. The molecule has 0 aliphatic rings. The molecular weight excluding hydrogens is 358 g/mol. The van der Waals surface area contributed by atoms with Gasteiger partial charge in [0.25, 0.3) is 5.91 Å². The number of aryl methyl sites for hydroxylation is 2. The molecule has 4 rings (SSSR count). The Morgan fingerprint density at radius 2 is 2.00 bits per heavy atom. The van der Waals surface area contributed by atoms with Crippen molar-refractivity contribution >= 4 is 28.5 Å². The Balaban J connectivity index is 1.81. The molecule has 4 aromatic rings. The monoisotopic (exact) mass is 375 g/mol. The van der Waals surface area contributed by atoms with Gasteiger partial charge in [-0.3, -0.25) is 14.3 Å². The number of aromatic nitrogens is 3. The third-order valence-electron chi connectivity index (χ3n) is 4.39. The van der Waals surface area contributed by atoms with Crippen LogP contribution in [0.3, 0.4) is 0 Å². The minimum Gasteiger partial charge on any atom is -0.463 e. The maximum absolute atomic E-state index is 13.1. The van der Waals surface area contributed by atoms with Gasteiger partial charge in [-0.2, -0.15) is 5.10 Å². The van der Waals surface area contributed by atoms with Gasteiger partial charge >= 0.3 is 0 Å². The zero-order chi connectivity index (χ0) is 19.8. The van der Waals surface area contributed by atoms with E-state index in [1.165, 1.54) is 6.07 Å². The molecule has 8 nitrogen and oxygen atoms in total. The van der Waals surface area contributed by atoms with Crippen LogP contribution in [0, 0.1) is 6.92 Å². The van der Waals surface area contributed by atoms with Crippen molar-refractivity contribution in [2.45, 2.75) is 6.92 Å². The minimum absolute atomic E-state index is 0.312. The highest BCUT2D eigenvalue weighted by molar-refractivity contribution is 6.13. The molecule has 3 heterocycles. The second-order valence-corrected chi connectivity index (χ2v) is 6.34. The van der Waals surface area contributed by atoms with Crippen molar-refractivity contribution in [3.8, 4) is 11.5 Å². The van der Waals surface area contributed by atoms with Crippen LogP contribution in [0.5, 0.6) is 0 Å². The molecule has 0 aliphatic heterocycles. The van der Waals surface area contributed by atoms with Crippen LogP contribution in [0.15, 0.2) is 53.1 Å². The largest absolute Gasteiger partial charge is 0.463 e. The molecule has 0 saturated carbocycles. The fourth-order valence-corrected chi connectivity index (χ4v) is 3.12. The highest BCUT2D eigenvalue weighted by Crippen LogP contribution is 2.27. The van der Waals surface area contributed by atoms with Gasteiger partial charge in [0.05, 0.1) is 22.9 Å². The number of rotatable bonds is 4. The molecule has 0 fully saturated rings. The third kappa shape index (κ3) is 3.01. The Bertz CT molecular complexity index is 1210. The van der Waals surface area contributed by atoms with Crippen molar-refractivity contribution in [2.24, 2.45) is 12.8 Å². The topological polar surface area (TPSA) is 116 Å². The van der Waals surface area contributed by atoms with Crippen molar-refractivity contribution in [2.75, 3.05) is 5.32 Å². The average Bonchev–Trinajstić information content (AvgIpc) is 3.30. The second-order valence-electron chi connectivity index (χ2n) is 6.34. The first-order valence-electron chi connectivity index (χ1n) is 8.53. The predicted octanol–water partition coefficient (Wildman–Crippen LogP) is 2.89. The number of amides is 2. The van der Waals surface area contributed by atoms with Crippen LogP contribution >= 0.6 is 0 Å². The molecule has 1 aromatic carbocycles. The first kappa shape index (κ1) is 17.5. The van der Waals surface area contributed by atoms with Gasteiger partial charge in [0, 0.05) is 18.3 Å². The number of hydrogen-bond acceptors (Lipinski definition) is 5. The number of hydrogen-bond donors (Lipinski definition) is 2. The molecule has 0 atom stereocenters. The van der Waals surface area contributed by atoms with Gasteiger partial charge in [-0.25, -0.2) is 4.98 Å². The van der Waals surface area contributed by atoms with Gasteiger partial charge in [0.1, 0.15) is 5.69 Å². The van der Waals surface area contributed by atoms with E-state index in [2.05, 4.69) is 15.4 Å². The fourth-order valence-electron chi connectivity index (χ4n) is 3.12. The molecule has 0 saturated heterocycles. The molecule has 8 heteroatoms. The van der Waals surface area contributed by atoms with Crippen molar-refractivity contribution in [3.05, 3.63) is 65.5 Å². The zero-order valence-corrected chi connectivity index (χ0v) is 15.3. The van der Waals surface area contributed by atoms with Gasteiger partial charge in [-0.15, -0.1) is 0 Å². The number of pyridine rings is 1. The summed E-state index contributed by atoms with van der Waals surface area (Å²) in [6.45, 7) is 1.82. The molecule has 28 heavy (non-hydrogen) atoms. The lowest BCUT2D eigenvalue weighted by Crippen LogP contribution is -2.15. The lowest BCUT2D eigenvalue weighted by Gasteiger charge is -2.09. The molecule has 0 unspecified atom stereocenters. The van der Waals surface area contributed by atoms with E-state index < -0.39 is 5.91 Å². The third-order valence-corrected chi connectivity index (χ3v) is 4.39. The Kier molecular flexibility index (Phi) is 4.15. The molecular formula is C20H17N5O3. The lowest BCUT2D eigenvalue weighted by atomic mass is 10.1. The van der Waals surface area contributed by atoms with Crippen LogP contribution in [0.25, 0.3) is 22.5 Å². The average molecular weight is 375 g/mol. The quantitative estimate of drug-likeness (QED) is 0.569. The van der Waals surface area contributed by atoms with Crippen LogP contribution in [0.1, 0.15) is 26.4 Å². The van der Waals surface area contributed by atoms with Gasteiger partial charge in [0.2, 0.25) is 5.91 Å². The van der Waals surface area contributed by atoms with E-state index in [-0.39, 0.29) is 5.91 Å². The number of fused-ring (bicyclic) bond motifs is 1. The number of nitrogens with zero attached hydrogens (tertiary/aromatic N) is 3. The molecule has 0 spiro atoms. The van der Waals surface area contributed by atoms with Gasteiger partial charge in [0.15, 0.2) is 11.4 Å². The summed E-state index contributed by atoms with van der Waals surface area (Å²) in [5, 5.41) is 7.85. The Morgan fingerprint density at radius 1 is 1.18 bits per heavy atom. The maximum Gasteiger partial charge on any atom is 0.256 e. The van der Waals surface area contributed by atoms with Gasteiger partial charge in [-0.05, 0) is 43.3 Å². The Morgan fingerprint density at radius 3 is 2.71 bits per heavy atom. The summed E-state index contributed by atoms with van der Waals surface area (Å²) in [4.78, 5) is 29.0.